The van der Waals surface area contributed by atoms with Crippen LogP contribution in [-0.2, 0) is 13.0 Å². The van der Waals surface area contributed by atoms with Gasteiger partial charge in [0.05, 0.1) is 11.9 Å². The summed E-state index contributed by atoms with van der Waals surface area (Å²) in [5.74, 6) is 0. The number of hydrogen-bond acceptors (Lipinski definition) is 3. The first-order valence-electron chi connectivity index (χ1n) is 3.96. The van der Waals surface area contributed by atoms with E-state index in [0.29, 0.717) is 6.54 Å². The van der Waals surface area contributed by atoms with E-state index in [0.717, 1.165) is 25.1 Å². The average Bonchev–Trinajstić information content (AvgIpc) is 2.39. The molecule has 0 unspecified atom stereocenters. The molecule has 62 valence electrons. The number of aromatic nitrogens is 3. The summed E-state index contributed by atoms with van der Waals surface area (Å²) in [7, 11) is 0. The third kappa shape index (κ3) is 2.01. The predicted molar refractivity (Wildman–Crippen MR) is 43.1 cm³/mol. The lowest BCUT2D eigenvalue weighted by Gasteiger charge is -2.01. The molecule has 0 bridgehead atoms. The van der Waals surface area contributed by atoms with Crippen molar-refractivity contribution in [3.63, 3.8) is 0 Å². The van der Waals surface area contributed by atoms with E-state index < -0.39 is 0 Å². The van der Waals surface area contributed by atoms with Crippen molar-refractivity contribution in [2.45, 2.75) is 26.3 Å². The topological polar surface area (TPSA) is 56.7 Å². The molecule has 0 aliphatic rings. The van der Waals surface area contributed by atoms with Gasteiger partial charge in [0.2, 0.25) is 0 Å². The van der Waals surface area contributed by atoms with Gasteiger partial charge in [-0.3, -0.25) is 0 Å². The van der Waals surface area contributed by atoms with Crippen molar-refractivity contribution < 1.29 is 0 Å². The highest BCUT2D eigenvalue weighted by atomic mass is 15.4. The molecule has 0 saturated carbocycles. The number of nitrogens with two attached hydrogens (primary N) is 1. The quantitative estimate of drug-likeness (QED) is 0.673. The Morgan fingerprint density at radius 2 is 2.45 bits per heavy atom. The van der Waals surface area contributed by atoms with Crippen LogP contribution in [0.4, 0.5) is 0 Å². The Bertz CT molecular complexity index is 185. The normalized spacial score (nSPS) is 10.4. The van der Waals surface area contributed by atoms with Crippen LogP contribution in [0.2, 0.25) is 0 Å². The van der Waals surface area contributed by atoms with Crippen LogP contribution in [0.5, 0.6) is 0 Å². The SMILES string of the molecule is CCCn1nncc1CCN. The second-order valence-corrected chi connectivity index (χ2v) is 2.49. The number of hydrogen-bond donors (Lipinski definition) is 1. The Morgan fingerprint density at radius 3 is 3.09 bits per heavy atom. The molecule has 0 radical (unpaired) electrons. The van der Waals surface area contributed by atoms with Crippen molar-refractivity contribution in [1.82, 2.24) is 15.0 Å². The van der Waals surface area contributed by atoms with Gasteiger partial charge in [-0.25, -0.2) is 4.68 Å². The molecule has 0 aliphatic heterocycles. The van der Waals surface area contributed by atoms with Crippen LogP contribution < -0.4 is 5.73 Å². The summed E-state index contributed by atoms with van der Waals surface area (Å²) in [5.41, 5.74) is 6.55. The van der Waals surface area contributed by atoms with E-state index >= 15 is 0 Å². The Labute approximate surface area is 66.4 Å². The van der Waals surface area contributed by atoms with Gasteiger partial charge >= 0.3 is 0 Å². The molecule has 1 aromatic rings. The van der Waals surface area contributed by atoms with Crippen LogP contribution in [0.25, 0.3) is 0 Å². The van der Waals surface area contributed by atoms with Gasteiger partial charge in [0.25, 0.3) is 0 Å². The third-order valence-electron chi connectivity index (χ3n) is 1.53. The van der Waals surface area contributed by atoms with Gasteiger partial charge in [0, 0.05) is 13.0 Å². The molecule has 11 heavy (non-hydrogen) atoms. The summed E-state index contributed by atoms with van der Waals surface area (Å²) >= 11 is 0. The smallest absolute Gasteiger partial charge is 0.0725 e. The number of nitrogens with zero attached hydrogens (tertiary/aromatic N) is 3. The molecule has 0 atom stereocenters. The molecular formula is C7H14N4. The van der Waals surface area contributed by atoms with Gasteiger partial charge in [-0.2, -0.15) is 0 Å². The summed E-state index contributed by atoms with van der Waals surface area (Å²) in [4.78, 5) is 0. The molecule has 2 N–H and O–H groups in total. The maximum absolute atomic E-state index is 5.42. The first-order valence-corrected chi connectivity index (χ1v) is 3.96. The van der Waals surface area contributed by atoms with Gasteiger partial charge in [-0.1, -0.05) is 12.1 Å². The molecule has 1 aromatic heterocycles. The number of aryl methyl sites for hydroxylation is 1. The first-order chi connectivity index (χ1) is 5.38. The monoisotopic (exact) mass is 154 g/mol. The lowest BCUT2D eigenvalue weighted by atomic mass is 10.3. The molecule has 0 amide bonds. The molecule has 4 heteroatoms. The Hall–Kier alpha value is -0.900. The van der Waals surface area contributed by atoms with E-state index in [2.05, 4.69) is 17.2 Å². The van der Waals surface area contributed by atoms with Crippen LogP contribution in [0.3, 0.4) is 0 Å². The molecule has 0 saturated heterocycles. The van der Waals surface area contributed by atoms with E-state index in [1.165, 1.54) is 0 Å². The highest BCUT2D eigenvalue weighted by Gasteiger charge is 1.99. The minimum absolute atomic E-state index is 0.664. The molecule has 1 heterocycles. The van der Waals surface area contributed by atoms with Crippen molar-refractivity contribution in [2.75, 3.05) is 6.54 Å². The van der Waals surface area contributed by atoms with Gasteiger partial charge in [-0.05, 0) is 13.0 Å². The van der Waals surface area contributed by atoms with Crippen LogP contribution in [0.1, 0.15) is 19.0 Å². The average molecular weight is 154 g/mol. The summed E-state index contributed by atoms with van der Waals surface area (Å²) in [6.07, 6.45) is 3.73. The fourth-order valence-electron chi connectivity index (χ4n) is 1.02. The summed E-state index contributed by atoms with van der Waals surface area (Å²) < 4.78 is 1.91. The second kappa shape index (κ2) is 4.08. The summed E-state index contributed by atoms with van der Waals surface area (Å²) in [6, 6.07) is 0. The fourth-order valence-corrected chi connectivity index (χ4v) is 1.02. The van der Waals surface area contributed by atoms with E-state index in [1.54, 1.807) is 6.20 Å². The molecule has 0 spiro atoms. The van der Waals surface area contributed by atoms with Crippen LogP contribution in [0.15, 0.2) is 6.20 Å². The maximum atomic E-state index is 5.42. The lowest BCUT2D eigenvalue weighted by Crippen LogP contribution is -2.09. The standard InChI is InChI=1S/C7H14N4/c1-2-5-11-7(3-4-8)6-9-10-11/h6H,2-5,8H2,1H3. The van der Waals surface area contributed by atoms with E-state index in [1.807, 2.05) is 4.68 Å². The maximum Gasteiger partial charge on any atom is 0.0725 e. The zero-order valence-electron chi connectivity index (χ0n) is 6.82. The van der Waals surface area contributed by atoms with E-state index in [4.69, 9.17) is 5.73 Å². The summed E-state index contributed by atoms with van der Waals surface area (Å²) in [6.45, 7) is 3.72. The molecular weight excluding hydrogens is 140 g/mol. The molecule has 1 rings (SSSR count). The molecule has 0 fully saturated rings. The molecule has 0 aliphatic carbocycles. The Balaban J connectivity index is 2.62. The zero-order valence-corrected chi connectivity index (χ0v) is 6.82. The first kappa shape index (κ1) is 8.20. The van der Waals surface area contributed by atoms with Gasteiger partial charge < -0.3 is 5.73 Å². The van der Waals surface area contributed by atoms with Crippen molar-refractivity contribution in [3.8, 4) is 0 Å². The predicted octanol–water partition coefficient (Wildman–Crippen LogP) is 0.189. The minimum atomic E-state index is 0.664. The lowest BCUT2D eigenvalue weighted by molar-refractivity contribution is 0.555. The Kier molecular flexibility index (Phi) is 3.04. The Morgan fingerprint density at radius 1 is 1.64 bits per heavy atom. The van der Waals surface area contributed by atoms with Crippen molar-refractivity contribution in [2.24, 2.45) is 5.73 Å². The van der Waals surface area contributed by atoms with Gasteiger partial charge in [0.1, 0.15) is 0 Å². The third-order valence-corrected chi connectivity index (χ3v) is 1.53. The van der Waals surface area contributed by atoms with Crippen molar-refractivity contribution in [3.05, 3.63) is 11.9 Å². The minimum Gasteiger partial charge on any atom is -0.330 e. The second-order valence-electron chi connectivity index (χ2n) is 2.49. The molecule has 4 nitrogen and oxygen atoms in total. The van der Waals surface area contributed by atoms with Gasteiger partial charge in [0.15, 0.2) is 0 Å². The zero-order chi connectivity index (χ0) is 8.10. The van der Waals surface area contributed by atoms with Crippen LogP contribution >= 0.6 is 0 Å². The van der Waals surface area contributed by atoms with Crippen molar-refractivity contribution in [1.29, 1.82) is 0 Å². The van der Waals surface area contributed by atoms with Crippen molar-refractivity contribution >= 4 is 0 Å². The fraction of sp³-hybridized carbons (Fsp3) is 0.714. The van der Waals surface area contributed by atoms with E-state index in [9.17, 15) is 0 Å². The highest BCUT2D eigenvalue weighted by Crippen LogP contribution is 1.97. The van der Waals surface area contributed by atoms with Crippen LogP contribution in [-0.4, -0.2) is 21.5 Å². The van der Waals surface area contributed by atoms with Crippen LogP contribution in [0, 0.1) is 0 Å². The molecule has 0 aromatic carbocycles. The van der Waals surface area contributed by atoms with E-state index in [-0.39, 0.29) is 0 Å². The number of rotatable bonds is 4. The largest absolute Gasteiger partial charge is 0.330 e. The van der Waals surface area contributed by atoms with Gasteiger partial charge in [-0.15, -0.1) is 5.10 Å². The summed E-state index contributed by atoms with van der Waals surface area (Å²) in [5, 5.41) is 7.75. The highest BCUT2D eigenvalue weighted by molar-refractivity contribution is 4.94.